The third-order valence-electron chi connectivity index (χ3n) is 11.5. The number of hydrogen-bond donors (Lipinski definition) is 2. The molecule has 0 aromatic heterocycles. The molecule has 26 heteroatoms. The van der Waals surface area contributed by atoms with Crippen LogP contribution in [-0.2, 0) is 47.4 Å². The number of aryl methyl sites for hydroxylation is 2. The maximum atomic E-state index is 14.5. The number of nitrogens with zero attached hydrogens (tertiary/aromatic N) is 6. The molecule has 5 fully saturated rings. The number of rotatable bonds is 11. The largest absolute Gasteiger partial charge is 0.442 e. The molecule has 0 radical (unpaired) electrons. The van der Waals surface area contributed by atoms with Crippen LogP contribution < -0.4 is 40.8 Å². The fourth-order valence-corrected chi connectivity index (χ4v) is 50.2. The van der Waals surface area contributed by atoms with Gasteiger partial charge in [0, 0.05) is 36.8 Å². The summed E-state index contributed by atoms with van der Waals surface area (Å²) >= 11 is 20.6. The van der Waals surface area contributed by atoms with E-state index in [4.69, 9.17) is 60.0 Å². The van der Waals surface area contributed by atoms with Gasteiger partial charge in [0.1, 0.15) is 30.3 Å². The van der Waals surface area contributed by atoms with Crippen LogP contribution in [0.15, 0.2) is 96.5 Å². The Balaban J connectivity index is 0.000000205. The molecule has 4 aromatic carbocycles. The minimum atomic E-state index is -1.55. The van der Waals surface area contributed by atoms with E-state index >= 15 is 0 Å². The number of carbonyl (C=O) groups is 3. The number of thiocarbonyl (C=S) groups is 1. The highest BCUT2D eigenvalue weighted by molar-refractivity contribution is 9.48. The standard InChI is InChI=1S/C17H19FN4O4.C17H19FN4O3S.C14H14P2S4.2H2O/c18-14-9-12(1-2-15(14)21-5-7-25-8-6-21)22-11-13(26-17(22)24)10-20-16(23)3-4-19;1-2-19-16(26)20-10-13-11-22(17(23)25-13)12-3-4-15(14(18)9-12)21-5-7-24-8-6-21;1-11-3-7-13(8-4-11)15(17)19-16(18,20-15)14-9-5-12(2)6-10-14;;/h1-2,9,13H,3,5-8,10-11H2,(H,20,23);3-4,9,13H,1,5-8,10-11H2,(H,20,26);3-10H,1-2H3;2*1H2/t2*13-;;;/m00.../s1. The molecular weight excluding hydrogens is 1090 g/mol. The Morgan fingerprint density at radius 1 is 0.730 bits per heavy atom. The average molecular weight is 1150 g/mol. The number of carbonyl (C=O) groups excluding carboxylic acids is 3. The van der Waals surface area contributed by atoms with Gasteiger partial charge in [0.15, 0.2) is 0 Å². The number of anilines is 4. The van der Waals surface area contributed by atoms with E-state index in [0.717, 1.165) is 0 Å². The van der Waals surface area contributed by atoms with Crippen LogP contribution in [0.2, 0.25) is 0 Å². The van der Waals surface area contributed by atoms with Crippen molar-refractivity contribution in [2.75, 3.05) is 98.4 Å². The van der Waals surface area contributed by atoms with E-state index in [0.29, 0.717) is 88.4 Å². The van der Waals surface area contributed by atoms with Gasteiger partial charge in [0.05, 0.1) is 90.3 Å². The summed E-state index contributed by atoms with van der Waals surface area (Å²) in [6.45, 7) is 13.2. The monoisotopic (exact) mass is 1150 g/mol. The van der Waals surface area contributed by atoms with Gasteiger partial charge in [-0.3, -0.25) is 14.6 Å². The van der Waals surface area contributed by atoms with Gasteiger partial charge in [-0.2, -0.15) is 10.3 Å². The Kier molecular flexibility index (Phi) is 22.4. The second-order valence-corrected chi connectivity index (χ2v) is 38.3. The molecule has 5 aliphatic rings. The number of hydrogen-bond acceptors (Lipinski definition) is 15. The molecule has 0 bridgehead atoms. The molecule has 74 heavy (non-hydrogen) atoms. The lowest BCUT2D eigenvalue weighted by molar-refractivity contribution is -0.120. The lowest BCUT2D eigenvalue weighted by Gasteiger charge is -2.40. The van der Waals surface area contributed by atoms with Crippen molar-refractivity contribution in [3.05, 3.63) is 114 Å². The third kappa shape index (κ3) is 15.6. The fraction of sp³-hybridized carbons (Fsp3) is 0.354. The van der Waals surface area contributed by atoms with Crippen molar-refractivity contribution in [3.63, 3.8) is 0 Å². The Labute approximate surface area is 451 Å². The Bertz CT molecular complexity index is 2760. The summed E-state index contributed by atoms with van der Waals surface area (Å²) in [5.74, 6) is 1.11. The van der Waals surface area contributed by atoms with Gasteiger partial charge >= 0.3 is 12.2 Å². The van der Waals surface area contributed by atoms with Crippen LogP contribution in [0.3, 0.4) is 0 Å². The number of halogens is 2. The van der Waals surface area contributed by atoms with E-state index in [2.05, 4.69) is 90.5 Å². The Hall–Kier alpha value is -4.98. The second kappa shape index (κ2) is 27.7. The molecule has 396 valence electrons. The van der Waals surface area contributed by atoms with Crippen molar-refractivity contribution >= 4 is 129 Å². The molecule has 2 atom stereocenters. The number of nitriles is 1. The average Bonchev–Trinajstić information content (AvgIpc) is 3.94. The minimum absolute atomic E-state index is 0. The molecule has 17 nitrogen and oxygen atoms in total. The zero-order valence-electron chi connectivity index (χ0n) is 40.4. The first-order valence-electron chi connectivity index (χ1n) is 22.7. The van der Waals surface area contributed by atoms with E-state index in [1.165, 1.54) is 43.7 Å². The van der Waals surface area contributed by atoms with Crippen molar-refractivity contribution in [1.82, 2.24) is 10.6 Å². The van der Waals surface area contributed by atoms with Gasteiger partial charge in [0.2, 0.25) is 11.0 Å². The van der Waals surface area contributed by atoms with Gasteiger partial charge in [-0.1, -0.05) is 105 Å². The van der Waals surface area contributed by atoms with E-state index in [1.807, 2.05) is 31.8 Å². The number of morpholine rings is 2. The number of nitrogens with one attached hydrogen (secondary N) is 2. The van der Waals surface area contributed by atoms with Crippen LogP contribution in [0.4, 0.5) is 41.1 Å². The predicted octanol–water partition coefficient (Wildman–Crippen LogP) is 6.44. The first kappa shape index (κ1) is 59.9. The maximum absolute atomic E-state index is 14.5. The quantitative estimate of drug-likeness (QED) is 0.0937. The summed E-state index contributed by atoms with van der Waals surface area (Å²) in [5, 5.41) is 16.7. The smallest absolute Gasteiger partial charge is 0.414 e. The van der Waals surface area contributed by atoms with Crippen LogP contribution in [0.25, 0.3) is 0 Å². The van der Waals surface area contributed by atoms with E-state index in [-0.39, 0.29) is 41.4 Å². The summed E-state index contributed by atoms with van der Waals surface area (Å²) in [5.41, 5.74) is 4.40. The molecule has 0 unspecified atom stereocenters. The Morgan fingerprint density at radius 2 is 1.14 bits per heavy atom. The number of cyclic esters (lactones) is 2. The first-order valence-corrected chi connectivity index (χ1v) is 32.8. The van der Waals surface area contributed by atoms with E-state index in [9.17, 15) is 23.2 Å². The molecule has 5 aliphatic heterocycles. The summed E-state index contributed by atoms with van der Waals surface area (Å²) in [6, 6.07) is 28.5. The molecule has 0 spiro atoms. The number of aliphatic imine (C=N–C) groups is 1. The van der Waals surface area contributed by atoms with Gasteiger partial charge in [0.25, 0.3) is 0 Å². The molecular formula is C48H56F2N8O9P2S5. The van der Waals surface area contributed by atoms with Crippen LogP contribution in [0, 0.1) is 36.8 Å². The number of benzene rings is 4. The van der Waals surface area contributed by atoms with Crippen LogP contribution in [0.5, 0.6) is 0 Å². The maximum Gasteiger partial charge on any atom is 0.414 e. The topological polar surface area (TPSA) is 224 Å². The molecule has 9 rings (SSSR count). The van der Waals surface area contributed by atoms with Crippen molar-refractivity contribution in [3.8, 4) is 6.07 Å². The summed E-state index contributed by atoms with van der Waals surface area (Å²) in [7, 11) is 0. The zero-order chi connectivity index (χ0) is 51.4. The number of amides is 3. The zero-order valence-corrected chi connectivity index (χ0v) is 46.2. The van der Waals surface area contributed by atoms with Gasteiger partial charge in [-0.25, -0.2) is 18.4 Å². The lowest BCUT2D eigenvalue weighted by atomic mass is 10.2. The molecule has 0 aliphatic carbocycles. The molecule has 4 aromatic rings. The summed E-state index contributed by atoms with van der Waals surface area (Å²) in [6.07, 6.45) is -2.33. The van der Waals surface area contributed by atoms with E-state index in [1.54, 1.807) is 30.3 Å². The summed E-state index contributed by atoms with van der Waals surface area (Å²) in [4.78, 5) is 45.7. The van der Waals surface area contributed by atoms with Crippen molar-refractivity contribution in [2.24, 2.45) is 4.99 Å². The predicted molar refractivity (Wildman–Crippen MR) is 304 cm³/mol. The minimum Gasteiger partial charge on any atom is -0.442 e. The fourth-order valence-electron chi connectivity index (χ4n) is 7.73. The van der Waals surface area contributed by atoms with Crippen LogP contribution in [-0.4, -0.2) is 131 Å². The van der Waals surface area contributed by atoms with Gasteiger partial charge < -0.3 is 50.3 Å². The molecule has 0 saturated carbocycles. The van der Waals surface area contributed by atoms with Crippen molar-refractivity contribution in [1.29, 1.82) is 5.26 Å². The molecule has 6 N–H and O–H groups in total. The van der Waals surface area contributed by atoms with Crippen molar-refractivity contribution in [2.45, 2.75) is 32.5 Å². The number of ether oxygens (including phenoxy) is 4. The van der Waals surface area contributed by atoms with Gasteiger partial charge in [-0.15, -0.1) is 0 Å². The lowest BCUT2D eigenvalue weighted by Crippen LogP contribution is -2.37. The van der Waals surface area contributed by atoms with E-state index < -0.39 is 45.0 Å². The SMILES string of the molecule is C=C=NC(=S)NC[C@H]1CN(c2ccc(N3CCOCC3)c(F)c2)C(=O)O1.Cc1ccc(P2(=S)SP(=S)(c3ccc(C)cc3)S2)cc1.N#CCC(=O)NC[C@H]1CN(c2ccc(N3CCOCC3)c(F)c2)C(=O)O1.O.O. The highest BCUT2D eigenvalue weighted by Crippen LogP contribution is 3.04. The first-order chi connectivity index (χ1) is 34.6. The highest BCUT2D eigenvalue weighted by Gasteiger charge is 2.46. The van der Waals surface area contributed by atoms with Gasteiger partial charge in [-0.05, 0) is 74.9 Å². The normalized spacial score (nSPS) is 21.7. The third-order valence-corrected chi connectivity index (χ3v) is 43.0. The molecule has 5 saturated heterocycles. The molecule has 5 heterocycles. The Morgan fingerprint density at radius 3 is 1.51 bits per heavy atom. The van der Waals surface area contributed by atoms with Crippen molar-refractivity contribution < 1.29 is 53.1 Å². The summed E-state index contributed by atoms with van der Waals surface area (Å²) < 4.78 is 46.9. The second-order valence-electron chi connectivity index (χ2n) is 16.6. The molecule has 3 amide bonds. The van der Waals surface area contributed by atoms with Crippen LogP contribution in [0.1, 0.15) is 17.5 Å². The highest BCUT2D eigenvalue weighted by atomic mass is 33.7. The van der Waals surface area contributed by atoms with Crippen LogP contribution >= 0.6 is 43.1 Å².